The number of aromatic carboxylic acids is 1. The quantitative estimate of drug-likeness (QED) is 0.680. The van der Waals surface area contributed by atoms with Gasteiger partial charge in [-0.3, -0.25) is 4.79 Å². The van der Waals surface area contributed by atoms with Crippen molar-refractivity contribution in [2.75, 3.05) is 6.54 Å². The van der Waals surface area contributed by atoms with E-state index in [1.54, 1.807) is 19.1 Å². The number of nitrogens with zero attached hydrogens (tertiary/aromatic N) is 1. The Bertz CT molecular complexity index is 434. The van der Waals surface area contributed by atoms with E-state index in [0.717, 1.165) is 0 Å². The van der Waals surface area contributed by atoms with Crippen molar-refractivity contribution in [2.24, 2.45) is 0 Å². The number of nitrogens with one attached hydrogen (secondary N) is 2. The zero-order chi connectivity index (χ0) is 13.5. The van der Waals surface area contributed by atoms with Crippen LogP contribution >= 0.6 is 0 Å². The summed E-state index contributed by atoms with van der Waals surface area (Å²) in [6.45, 7) is 4.52. The highest BCUT2D eigenvalue weighted by atomic mass is 16.4. The molecule has 3 N–H and O–H groups in total. The van der Waals surface area contributed by atoms with Crippen LogP contribution in [0.5, 0.6) is 0 Å². The molecule has 0 saturated carbocycles. The molecule has 0 radical (unpaired) electrons. The molecule has 0 fully saturated rings. The molecule has 1 aromatic heterocycles. The van der Waals surface area contributed by atoms with Crippen molar-refractivity contribution in [3.8, 4) is 0 Å². The number of likely N-dealkylation sites (N-methyl/N-ethyl adjacent to an activating group) is 1. The molecular weight excluding hydrogens is 234 g/mol. The van der Waals surface area contributed by atoms with Gasteiger partial charge in [0.05, 0.1) is 11.7 Å². The maximum atomic E-state index is 11.5. The van der Waals surface area contributed by atoms with Crippen molar-refractivity contribution >= 4 is 11.9 Å². The standard InChI is InChI=1S/C12H17N3O3/c1-3-13-11(16)8(2)14-7-9-5-4-6-10(15-9)12(17)18/h4-6,8,14H,3,7H2,1-2H3,(H,13,16)(H,17,18). The van der Waals surface area contributed by atoms with E-state index in [9.17, 15) is 9.59 Å². The Balaban J connectivity index is 2.55. The van der Waals surface area contributed by atoms with Gasteiger partial charge in [-0.25, -0.2) is 9.78 Å². The van der Waals surface area contributed by atoms with Gasteiger partial charge < -0.3 is 15.7 Å². The first-order valence-electron chi connectivity index (χ1n) is 5.75. The van der Waals surface area contributed by atoms with Crippen molar-refractivity contribution in [1.82, 2.24) is 15.6 Å². The number of aromatic nitrogens is 1. The molecule has 0 saturated heterocycles. The van der Waals surface area contributed by atoms with Gasteiger partial charge in [-0.15, -0.1) is 0 Å². The predicted octanol–water partition coefficient (Wildman–Crippen LogP) is 0.394. The molecule has 0 aliphatic carbocycles. The minimum atomic E-state index is -1.06. The van der Waals surface area contributed by atoms with Crippen LogP contribution < -0.4 is 10.6 Å². The molecule has 0 spiro atoms. The number of carboxylic acid groups (broad SMARTS) is 1. The lowest BCUT2D eigenvalue weighted by Crippen LogP contribution is -2.41. The van der Waals surface area contributed by atoms with Gasteiger partial charge in [0, 0.05) is 13.1 Å². The van der Waals surface area contributed by atoms with Crippen molar-refractivity contribution in [3.63, 3.8) is 0 Å². The largest absolute Gasteiger partial charge is 0.477 e. The van der Waals surface area contributed by atoms with Crippen LogP contribution in [0.15, 0.2) is 18.2 Å². The van der Waals surface area contributed by atoms with Crippen molar-refractivity contribution in [3.05, 3.63) is 29.6 Å². The maximum Gasteiger partial charge on any atom is 0.354 e. The number of pyridine rings is 1. The molecule has 1 aromatic rings. The minimum absolute atomic E-state index is 0.0000345. The smallest absolute Gasteiger partial charge is 0.354 e. The number of carbonyl (C=O) groups is 2. The lowest BCUT2D eigenvalue weighted by molar-refractivity contribution is -0.122. The highest BCUT2D eigenvalue weighted by Crippen LogP contribution is 2.00. The fourth-order valence-corrected chi connectivity index (χ4v) is 1.37. The van der Waals surface area contributed by atoms with Crippen molar-refractivity contribution in [1.29, 1.82) is 0 Å². The summed E-state index contributed by atoms with van der Waals surface area (Å²) in [4.78, 5) is 26.1. The monoisotopic (exact) mass is 251 g/mol. The van der Waals surface area contributed by atoms with Gasteiger partial charge in [-0.05, 0) is 26.0 Å². The summed E-state index contributed by atoms with van der Waals surface area (Å²) in [6, 6.07) is 4.42. The number of hydrogen-bond acceptors (Lipinski definition) is 4. The van der Waals surface area contributed by atoms with Crippen LogP contribution in [0, 0.1) is 0 Å². The molecule has 0 aromatic carbocycles. The molecule has 0 bridgehead atoms. The minimum Gasteiger partial charge on any atom is -0.477 e. The summed E-state index contributed by atoms with van der Waals surface area (Å²) in [5.41, 5.74) is 0.589. The molecule has 6 heteroatoms. The maximum absolute atomic E-state index is 11.5. The highest BCUT2D eigenvalue weighted by Gasteiger charge is 2.11. The van der Waals surface area contributed by atoms with E-state index < -0.39 is 5.97 Å². The van der Waals surface area contributed by atoms with Crippen LogP contribution in [0.25, 0.3) is 0 Å². The van der Waals surface area contributed by atoms with Gasteiger partial charge >= 0.3 is 5.97 Å². The van der Waals surface area contributed by atoms with Crippen LogP contribution in [0.4, 0.5) is 0 Å². The third-order valence-electron chi connectivity index (χ3n) is 2.36. The van der Waals surface area contributed by atoms with E-state index in [1.165, 1.54) is 6.07 Å². The summed E-state index contributed by atoms with van der Waals surface area (Å²) in [7, 11) is 0. The average molecular weight is 251 g/mol. The summed E-state index contributed by atoms with van der Waals surface area (Å²) in [5.74, 6) is -1.15. The Morgan fingerprint density at radius 1 is 1.44 bits per heavy atom. The molecule has 1 rings (SSSR count). The first-order chi connectivity index (χ1) is 8.54. The molecule has 6 nitrogen and oxygen atoms in total. The van der Waals surface area contributed by atoms with E-state index in [2.05, 4.69) is 15.6 Å². The predicted molar refractivity (Wildman–Crippen MR) is 66.2 cm³/mol. The first kappa shape index (κ1) is 14.1. The third-order valence-corrected chi connectivity index (χ3v) is 2.36. The molecule has 98 valence electrons. The van der Waals surface area contributed by atoms with Gasteiger partial charge in [0.2, 0.25) is 5.91 Å². The Morgan fingerprint density at radius 2 is 2.17 bits per heavy atom. The van der Waals surface area contributed by atoms with Gasteiger partial charge in [0.1, 0.15) is 5.69 Å². The van der Waals surface area contributed by atoms with Crippen LogP contribution in [0.3, 0.4) is 0 Å². The summed E-state index contributed by atoms with van der Waals surface area (Å²) in [5, 5.41) is 14.5. The Kier molecular flexibility index (Phi) is 5.26. The second kappa shape index (κ2) is 6.70. The number of carboxylic acids is 1. The normalized spacial score (nSPS) is 11.9. The molecular formula is C12H17N3O3. The summed E-state index contributed by atoms with van der Waals surface area (Å²) in [6.07, 6.45) is 0. The number of rotatable bonds is 6. The van der Waals surface area contributed by atoms with Crippen LogP contribution in [-0.2, 0) is 11.3 Å². The Labute approximate surface area is 105 Å². The fraction of sp³-hybridized carbons (Fsp3) is 0.417. The summed E-state index contributed by atoms with van der Waals surface area (Å²) >= 11 is 0. The van der Waals surface area contributed by atoms with Crippen molar-refractivity contribution < 1.29 is 14.7 Å². The molecule has 18 heavy (non-hydrogen) atoms. The number of carbonyl (C=O) groups excluding carboxylic acids is 1. The van der Waals surface area contributed by atoms with Gasteiger partial charge in [-0.1, -0.05) is 6.07 Å². The van der Waals surface area contributed by atoms with E-state index in [4.69, 9.17) is 5.11 Å². The topological polar surface area (TPSA) is 91.3 Å². The highest BCUT2D eigenvalue weighted by molar-refractivity contribution is 5.85. The number of hydrogen-bond donors (Lipinski definition) is 3. The zero-order valence-corrected chi connectivity index (χ0v) is 10.4. The lowest BCUT2D eigenvalue weighted by atomic mass is 10.2. The SMILES string of the molecule is CCNC(=O)C(C)NCc1cccc(C(=O)O)n1. The molecule has 0 aliphatic rings. The average Bonchev–Trinajstić information content (AvgIpc) is 2.36. The van der Waals surface area contributed by atoms with E-state index in [0.29, 0.717) is 18.8 Å². The van der Waals surface area contributed by atoms with Gasteiger partial charge in [-0.2, -0.15) is 0 Å². The third kappa shape index (κ3) is 4.14. The van der Waals surface area contributed by atoms with Crippen LogP contribution in [-0.4, -0.2) is 34.6 Å². The van der Waals surface area contributed by atoms with E-state index >= 15 is 0 Å². The molecule has 1 heterocycles. The Hall–Kier alpha value is -1.95. The lowest BCUT2D eigenvalue weighted by Gasteiger charge is -2.12. The van der Waals surface area contributed by atoms with Crippen LogP contribution in [0.1, 0.15) is 30.0 Å². The van der Waals surface area contributed by atoms with Crippen molar-refractivity contribution in [2.45, 2.75) is 26.4 Å². The van der Waals surface area contributed by atoms with Gasteiger partial charge in [0.25, 0.3) is 0 Å². The van der Waals surface area contributed by atoms with E-state index in [1.807, 2.05) is 6.92 Å². The summed E-state index contributed by atoms with van der Waals surface area (Å²) < 4.78 is 0. The zero-order valence-electron chi connectivity index (χ0n) is 10.4. The fourth-order valence-electron chi connectivity index (χ4n) is 1.37. The second-order valence-electron chi connectivity index (χ2n) is 3.82. The first-order valence-corrected chi connectivity index (χ1v) is 5.75. The molecule has 1 atom stereocenters. The molecule has 1 amide bonds. The van der Waals surface area contributed by atoms with E-state index in [-0.39, 0.29) is 17.6 Å². The van der Waals surface area contributed by atoms with Crippen LogP contribution in [0.2, 0.25) is 0 Å². The molecule has 0 aliphatic heterocycles. The van der Waals surface area contributed by atoms with Gasteiger partial charge in [0.15, 0.2) is 0 Å². The second-order valence-corrected chi connectivity index (χ2v) is 3.82. The molecule has 1 unspecified atom stereocenters. The number of amides is 1. The Morgan fingerprint density at radius 3 is 2.78 bits per heavy atom.